The Morgan fingerprint density at radius 3 is 2.75 bits per heavy atom. The molecule has 1 aliphatic rings. The van der Waals surface area contributed by atoms with E-state index in [2.05, 4.69) is 5.32 Å². The number of carbonyl (C=O) groups excluding carboxylic acids is 2. The van der Waals surface area contributed by atoms with Crippen molar-refractivity contribution < 1.29 is 9.59 Å². The van der Waals surface area contributed by atoms with Crippen molar-refractivity contribution in [1.82, 2.24) is 0 Å². The summed E-state index contributed by atoms with van der Waals surface area (Å²) in [5.41, 5.74) is 2.42. The van der Waals surface area contributed by atoms with Gasteiger partial charge in [0.1, 0.15) is 0 Å². The Labute approximate surface area is 125 Å². The van der Waals surface area contributed by atoms with Crippen LogP contribution in [0.25, 0.3) is 0 Å². The standard InChI is InChI=1S/C15H9Cl2NO2/c16-11-3-1-2-10(14(11)17)15(20)8-4-5-12-9(6-8)7-13(19)18-12/h1-6H,7H2,(H,18,19). The SMILES string of the molecule is O=C1Cc2cc(C(=O)c3cccc(Cl)c3Cl)ccc2N1. The van der Waals surface area contributed by atoms with E-state index in [1.807, 2.05) is 0 Å². The fourth-order valence-corrected chi connectivity index (χ4v) is 2.59. The minimum atomic E-state index is -0.209. The maximum Gasteiger partial charge on any atom is 0.228 e. The fourth-order valence-electron chi connectivity index (χ4n) is 2.21. The smallest absolute Gasteiger partial charge is 0.228 e. The van der Waals surface area contributed by atoms with E-state index < -0.39 is 0 Å². The number of amides is 1. The van der Waals surface area contributed by atoms with Crippen molar-refractivity contribution in [2.24, 2.45) is 0 Å². The number of carbonyl (C=O) groups is 2. The maximum atomic E-state index is 12.5. The van der Waals surface area contributed by atoms with Gasteiger partial charge in [-0.1, -0.05) is 29.3 Å². The highest BCUT2D eigenvalue weighted by atomic mass is 35.5. The van der Waals surface area contributed by atoms with Crippen LogP contribution in [0.4, 0.5) is 5.69 Å². The van der Waals surface area contributed by atoms with E-state index in [4.69, 9.17) is 23.2 Å². The molecule has 5 heteroatoms. The third-order valence-corrected chi connectivity index (χ3v) is 4.01. The van der Waals surface area contributed by atoms with Gasteiger partial charge in [0, 0.05) is 16.8 Å². The molecule has 2 aromatic carbocycles. The zero-order valence-electron chi connectivity index (χ0n) is 10.2. The largest absolute Gasteiger partial charge is 0.326 e. The molecule has 0 fully saturated rings. The van der Waals surface area contributed by atoms with Crippen molar-refractivity contribution in [2.45, 2.75) is 6.42 Å². The molecule has 0 radical (unpaired) electrons. The summed E-state index contributed by atoms with van der Waals surface area (Å²) in [5, 5.41) is 3.31. The second kappa shape index (κ2) is 4.93. The summed E-state index contributed by atoms with van der Waals surface area (Å²) < 4.78 is 0. The summed E-state index contributed by atoms with van der Waals surface area (Å²) in [4.78, 5) is 23.8. The minimum absolute atomic E-state index is 0.0645. The molecule has 3 nitrogen and oxygen atoms in total. The number of halogens is 2. The Morgan fingerprint density at radius 1 is 1.15 bits per heavy atom. The van der Waals surface area contributed by atoms with Crippen LogP contribution in [0.1, 0.15) is 21.5 Å². The van der Waals surface area contributed by atoms with Gasteiger partial charge in [0.15, 0.2) is 5.78 Å². The monoisotopic (exact) mass is 305 g/mol. The lowest BCUT2D eigenvalue weighted by Crippen LogP contribution is -2.03. The summed E-state index contributed by atoms with van der Waals surface area (Å²) in [5.74, 6) is -0.273. The molecule has 1 heterocycles. The quantitative estimate of drug-likeness (QED) is 0.860. The highest BCUT2D eigenvalue weighted by molar-refractivity contribution is 6.44. The van der Waals surface area contributed by atoms with Crippen LogP contribution in [0, 0.1) is 0 Å². The van der Waals surface area contributed by atoms with Gasteiger partial charge in [-0.25, -0.2) is 0 Å². The Kier molecular flexibility index (Phi) is 3.24. The van der Waals surface area contributed by atoms with Crippen LogP contribution in [0.15, 0.2) is 36.4 Å². The second-order valence-corrected chi connectivity index (χ2v) is 5.31. The van der Waals surface area contributed by atoms with Gasteiger partial charge < -0.3 is 5.32 Å². The summed E-state index contributed by atoms with van der Waals surface area (Å²) in [6, 6.07) is 10.1. The summed E-state index contributed by atoms with van der Waals surface area (Å²) in [6.07, 6.45) is 0.291. The molecule has 3 rings (SSSR count). The highest BCUT2D eigenvalue weighted by Gasteiger charge is 2.21. The summed E-state index contributed by atoms with van der Waals surface area (Å²) >= 11 is 12.0. The molecule has 0 aromatic heterocycles. The van der Waals surface area contributed by atoms with Crippen molar-refractivity contribution in [1.29, 1.82) is 0 Å². The predicted molar refractivity (Wildman–Crippen MR) is 78.7 cm³/mol. The fraction of sp³-hybridized carbons (Fsp3) is 0.0667. The first kappa shape index (κ1) is 13.2. The van der Waals surface area contributed by atoms with Crippen molar-refractivity contribution in [3.8, 4) is 0 Å². The number of hydrogen-bond acceptors (Lipinski definition) is 2. The number of nitrogens with one attached hydrogen (secondary N) is 1. The van der Waals surface area contributed by atoms with E-state index in [-0.39, 0.29) is 16.7 Å². The van der Waals surface area contributed by atoms with Gasteiger partial charge >= 0.3 is 0 Å². The van der Waals surface area contributed by atoms with Crippen LogP contribution < -0.4 is 5.32 Å². The van der Waals surface area contributed by atoms with Crippen LogP contribution in [0.3, 0.4) is 0 Å². The number of ketones is 1. The summed E-state index contributed by atoms with van der Waals surface area (Å²) in [7, 11) is 0. The highest BCUT2D eigenvalue weighted by Crippen LogP contribution is 2.29. The van der Waals surface area contributed by atoms with Gasteiger partial charge in [-0.2, -0.15) is 0 Å². The van der Waals surface area contributed by atoms with Gasteiger partial charge in [-0.3, -0.25) is 9.59 Å². The predicted octanol–water partition coefficient (Wildman–Crippen LogP) is 3.72. The lowest BCUT2D eigenvalue weighted by atomic mass is 10.0. The number of hydrogen-bond donors (Lipinski definition) is 1. The molecule has 1 amide bonds. The third-order valence-electron chi connectivity index (χ3n) is 3.19. The maximum absolute atomic E-state index is 12.5. The van der Waals surface area contributed by atoms with Crippen molar-refractivity contribution in [3.05, 3.63) is 63.1 Å². The molecule has 0 atom stereocenters. The van der Waals surface area contributed by atoms with E-state index in [1.54, 1.807) is 36.4 Å². The second-order valence-electron chi connectivity index (χ2n) is 4.53. The Morgan fingerprint density at radius 2 is 1.95 bits per heavy atom. The van der Waals surface area contributed by atoms with Crippen molar-refractivity contribution in [3.63, 3.8) is 0 Å². The molecule has 20 heavy (non-hydrogen) atoms. The molecule has 0 bridgehead atoms. The first-order valence-corrected chi connectivity index (χ1v) is 6.73. The number of anilines is 1. The van der Waals surface area contributed by atoms with Gasteiger partial charge in [-0.15, -0.1) is 0 Å². The molecule has 0 aliphatic carbocycles. The minimum Gasteiger partial charge on any atom is -0.326 e. The Balaban J connectivity index is 2.02. The van der Waals surface area contributed by atoms with E-state index in [9.17, 15) is 9.59 Å². The first-order chi connectivity index (χ1) is 9.56. The van der Waals surface area contributed by atoms with Crippen molar-refractivity contribution >= 4 is 40.6 Å². The van der Waals surface area contributed by atoms with Crippen LogP contribution >= 0.6 is 23.2 Å². The molecule has 0 saturated carbocycles. The summed E-state index contributed by atoms with van der Waals surface area (Å²) in [6.45, 7) is 0. The van der Waals surface area contributed by atoms with E-state index in [0.29, 0.717) is 22.6 Å². The van der Waals surface area contributed by atoms with Crippen LogP contribution in [-0.2, 0) is 11.2 Å². The van der Waals surface area contributed by atoms with Gasteiger partial charge in [0.25, 0.3) is 0 Å². The number of fused-ring (bicyclic) bond motifs is 1. The molecule has 100 valence electrons. The van der Waals surface area contributed by atoms with Crippen LogP contribution in [-0.4, -0.2) is 11.7 Å². The topological polar surface area (TPSA) is 46.2 Å². The van der Waals surface area contributed by atoms with E-state index in [0.717, 1.165) is 11.3 Å². The average Bonchev–Trinajstić information content (AvgIpc) is 2.80. The number of rotatable bonds is 2. The molecule has 1 N–H and O–H groups in total. The molecule has 0 spiro atoms. The van der Waals surface area contributed by atoms with Crippen LogP contribution in [0.2, 0.25) is 10.0 Å². The molecule has 2 aromatic rings. The van der Waals surface area contributed by atoms with E-state index in [1.165, 1.54) is 0 Å². The van der Waals surface area contributed by atoms with Crippen molar-refractivity contribution in [2.75, 3.05) is 5.32 Å². The third kappa shape index (κ3) is 2.19. The van der Waals surface area contributed by atoms with Gasteiger partial charge in [-0.05, 0) is 35.9 Å². The molecular weight excluding hydrogens is 297 g/mol. The first-order valence-electron chi connectivity index (χ1n) is 5.98. The average molecular weight is 306 g/mol. The lowest BCUT2D eigenvalue weighted by Gasteiger charge is -2.06. The Hall–Kier alpha value is -1.84. The van der Waals surface area contributed by atoms with Gasteiger partial charge in [0.05, 0.1) is 16.5 Å². The zero-order chi connectivity index (χ0) is 14.3. The van der Waals surface area contributed by atoms with E-state index >= 15 is 0 Å². The molecular formula is C15H9Cl2NO2. The van der Waals surface area contributed by atoms with Gasteiger partial charge in [0.2, 0.25) is 5.91 Å². The zero-order valence-corrected chi connectivity index (χ0v) is 11.8. The molecule has 0 unspecified atom stereocenters. The van der Waals surface area contributed by atoms with Crippen LogP contribution in [0.5, 0.6) is 0 Å². The number of benzene rings is 2. The normalized spacial score (nSPS) is 13.0. The molecule has 1 aliphatic heterocycles. The molecule has 0 saturated heterocycles. The lowest BCUT2D eigenvalue weighted by molar-refractivity contribution is -0.115. The Bertz CT molecular complexity index is 741.